The number of aryl methyl sites for hydroxylation is 1. The van der Waals surface area contributed by atoms with E-state index in [1.54, 1.807) is 19.9 Å². The topological polar surface area (TPSA) is 92.7 Å². The lowest BCUT2D eigenvalue weighted by atomic mass is 9.79. The molecule has 1 fully saturated rings. The van der Waals surface area contributed by atoms with Gasteiger partial charge in [-0.3, -0.25) is 9.59 Å². The molecule has 2 rings (SSSR count). The van der Waals surface area contributed by atoms with Gasteiger partial charge >= 0.3 is 11.9 Å². The van der Waals surface area contributed by atoms with Gasteiger partial charge in [0.15, 0.2) is 0 Å². The van der Waals surface area contributed by atoms with Crippen LogP contribution in [0.25, 0.3) is 0 Å². The Morgan fingerprint density at radius 3 is 2.46 bits per heavy atom. The summed E-state index contributed by atoms with van der Waals surface area (Å²) >= 11 is 1.29. The summed E-state index contributed by atoms with van der Waals surface area (Å²) < 4.78 is 5.20. The molecule has 0 spiro atoms. The normalized spacial score (nSPS) is 20.7. The molecule has 0 aliphatic heterocycles. The minimum absolute atomic E-state index is 0.254. The van der Waals surface area contributed by atoms with E-state index in [-0.39, 0.29) is 12.0 Å². The van der Waals surface area contributed by atoms with Crippen LogP contribution in [0.2, 0.25) is 0 Å². The Balaban J connectivity index is 2.16. The van der Waals surface area contributed by atoms with Gasteiger partial charge in [0.2, 0.25) is 5.91 Å². The van der Waals surface area contributed by atoms with Gasteiger partial charge in [-0.15, -0.1) is 11.3 Å². The highest BCUT2D eigenvalue weighted by molar-refractivity contribution is 7.16. The third-order valence-electron chi connectivity index (χ3n) is 4.07. The number of ether oxygens (including phenoxy) is 1. The summed E-state index contributed by atoms with van der Waals surface area (Å²) in [6.07, 6.45) is 2.48. The number of rotatable bonds is 5. The molecule has 7 heteroatoms. The van der Waals surface area contributed by atoms with Crippen LogP contribution in [0.4, 0.5) is 5.00 Å². The van der Waals surface area contributed by atoms with Gasteiger partial charge in [-0.1, -0.05) is 12.8 Å². The van der Waals surface area contributed by atoms with Crippen molar-refractivity contribution < 1.29 is 24.2 Å². The number of carboxylic acid groups (broad SMARTS) is 1. The molecule has 6 nitrogen and oxygen atoms in total. The number of thiophene rings is 1. The molecule has 1 aromatic heterocycles. The van der Waals surface area contributed by atoms with Gasteiger partial charge in [-0.2, -0.15) is 0 Å². The van der Waals surface area contributed by atoms with E-state index in [0.29, 0.717) is 23.4 Å². The number of amides is 1. The predicted octanol–water partition coefficient (Wildman–Crippen LogP) is 3.45. The van der Waals surface area contributed by atoms with Gasteiger partial charge in [0.25, 0.3) is 0 Å². The van der Waals surface area contributed by atoms with Crippen molar-refractivity contribution in [2.75, 3.05) is 5.32 Å². The Bertz CT molecular complexity index is 637. The zero-order valence-electron chi connectivity index (χ0n) is 14.1. The van der Waals surface area contributed by atoms with Crippen LogP contribution < -0.4 is 5.32 Å². The highest BCUT2D eigenvalue weighted by Crippen LogP contribution is 2.34. The van der Waals surface area contributed by atoms with Crippen LogP contribution in [-0.4, -0.2) is 29.1 Å². The van der Waals surface area contributed by atoms with Gasteiger partial charge in [-0.05, 0) is 39.7 Å². The Morgan fingerprint density at radius 1 is 1.25 bits per heavy atom. The van der Waals surface area contributed by atoms with E-state index >= 15 is 0 Å². The molecule has 1 aliphatic carbocycles. The van der Waals surface area contributed by atoms with Crippen LogP contribution in [0.5, 0.6) is 0 Å². The van der Waals surface area contributed by atoms with Gasteiger partial charge in [-0.25, -0.2) is 4.79 Å². The lowest BCUT2D eigenvalue weighted by Gasteiger charge is -2.27. The molecular formula is C17H23NO5S. The molecule has 0 unspecified atom stereocenters. The highest BCUT2D eigenvalue weighted by Gasteiger charge is 2.36. The summed E-state index contributed by atoms with van der Waals surface area (Å²) in [5.41, 5.74) is 0.322. The molecule has 0 radical (unpaired) electrons. The van der Waals surface area contributed by atoms with E-state index in [0.717, 1.165) is 17.7 Å². The van der Waals surface area contributed by atoms with Gasteiger partial charge in [0.1, 0.15) is 5.00 Å². The van der Waals surface area contributed by atoms with Crippen LogP contribution in [0.3, 0.4) is 0 Å². The Labute approximate surface area is 145 Å². The fourth-order valence-electron chi connectivity index (χ4n) is 2.98. The van der Waals surface area contributed by atoms with Crippen LogP contribution in [0, 0.1) is 18.8 Å². The fraction of sp³-hybridized carbons (Fsp3) is 0.588. The summed E-state index contributed by atoms with van der Waals surface area (Å²) in [4.78, 5) is 37.0. The molecule has 0 bridgehead atoms. The van der Waals surface area contributed by atoms with Crippen molar-refractivity contribution in [3.63, 3.8) is 0 Å². The zero-order chi connectivity index (χ0) is 17.9. The third-order valence-corrected chi connectivity index (χ3v) is 5.04. The number of aliphatic carboxylic acids is 1. The maximum absolute atomic E-state index is 12.6. The van der Waals surface area contributed by atoms with E-state index in [4.69, 9.17) is 4.74 Å². The number of hydrogen-bond acceptors (Lipinski definition) is 5. The molecule has 24 heavy (non-hydrogen) atoms. The van der Waals surface area contributed by atoms with Crippen molar-refractivity contribution in [3.8, 4) is 0 Å². The Hall–Kier alpha value is -1.89. The molecule has 1 saturated carbocycles. The second kappa shape index (κ2) is 7.79. The van der Waals surface area contributed by atoms with Crippen molar-refractivity contribution in [1.29, 1.82) is 0 Å². The highest BCUT2D eigenvalue weighted by atomic mass is 32.1. The van der Waals surface area contributed by atoms with Crippen molar-refractivity contribution in [2.24, 2.45) is 11.8 Å². The summed E-state index contributed by atoms with van der Waals surface area (Å²) in [5.74, 6) is -2.97. The first kappa shape index (κ1) is 18.4. The van der Waals surface area contributed by atoms with E-state index in [1.165, 1.54) is 11.3 Å². The molecule has 2 N–H and O–H groups in total. The maximum Gasteiger partial charge on any atom is 0.341 e. The SMILES string of the molecule is Cc1cc(C(=O)OC(C)C)c(NC(=O)[C@@H]2CCCC[C@@H]2C(=O)O)s1. The maximum atomic E-state index is 12.6. The molecule has 1 aliphatic rings. The van der Waals surface area contributed by atoms with E-state index in [1.807, 2.05) is 6.92 Å². The number of hydrogen-bond donors (Lipinski definition) is 2. The van der Waals surface area contributed by atoms with Crippen LogP contribution in [0.15, 0.2) is 6.07 Å². The molecule has 0 saturated heterocycles. The molecular weight excluding hydrogens is 330 g/mol. The van der Waals surface area contributed by atoms with Gasteiger partial charge in [0, 0.05) is 4.88 Å². The average Bonchev–Trinajstić information content (AvgIpc) is 2.87. The van der Waals surface area contributed by atoms with Crippen molar-refractivity contribution in [2.45, 2.75) is 52.6 Å². The first-order valence-electron chi connectivity index (χ1n) is 8.14. The largest absolute Gasteiger partial charge is 0.481 e. The second-order valence-corrected chi connectivity index (χ2v) is 7.64. The molecule has 0 aromatic carbocycles. The second-order valence-electron chi connectivity index (χ2n) is 6.38. The monoisotopic (exact) mass is 353 g/mol. The van der Waals surface area contributed by atoms with Crippen LogP contribution >= 0.6 is 11.3 Å². The van der Waals surface area contributed by atoms with Crippen molar-refractivity contribution in [1.82, 2.24) is 0 Å². The van der Waals surface area contributed by atoms with E-state index < -0.39 is 23.8 Å². The number of carbonyl (C=O) groups excluding carboxylic acids is 2. The quantitative estimate of drug-likeness (QED) is 0.791. The lowest BCUT2D eigenvalue weighted by molar-refractivity contribution is -0.147. The number of nitrogens with one attached hydrogen (secondary N) is 1. The average molecular weight is 353 g/mol. The molecule has 1 heterocycles. The minimum atomic E-state index is -0.934. The first-order chi connectivity index (χ1) is 11.3. The third kappa shape index (κ3) is 4.35. The standard InChI is InChI=1S/C17H23NO5S/c1-9(2)23-17(22)13-8-10(3)24-15(13)18-14(19)11-6-4-5-7-12(11)16(20)21/h8-9,11-12H,4-7H2,1-3H3,(H,18,19)(H,20,21)/t11-,12+/m1/s1. The summed E-state index contributed by atoms with van der Waals surface area (Å²) in [5, 5.41) is 12.5. The molecule has 2 atom stereocenters. The smallest absolute Gasteiger partial charge is 0.341 e. The molecule has 132 valence electrons. The Morgan fingerprint density at radius 2 is 1.88 bits per heavy atom. The van der Waals surface area contributed by atoms with Crippen molar-refractivity contribution >= 4 is 34.2 Å². The molecule has 1 amide bonds. The Kier molecular flexibility index (Phi) is 5.99. The lowest BCUT2D eigenvalue weighted by Crippen LogP contribution is -2.36. The van der Waals surface area contributed by atoms with Gasteiger partial charge in [0.05, 0.1) is 23.5 Å². The predicted molar refractivity (Wildman–Crippen MR) is 91.3 cm³/mol. The van der Waals surface area contributed by atoms with Crippen LogP contribution in [0.1, 0.15) is 54.8 Å². The van der Waals surface area contributed by atoms with E-state index in [2.05, 4.69) is 5.32 Å². The fourth-order valence-corrected chi connectivity index (χ4v) is 3.88. The van der Waals surface area contributed by atoms with E-state index in [9.17, 15) is 19.5 Å². The summed E-state index contributed by atoms with van der Waals surface area (Å²) in [6.45, 7) is 5.36. The number of esters is 1. The van der Waals surface area contributed by atoms with Crippen LogP contribution in [-0.2, 0) is 14.3 Å². The molecule has 1 aromatic rings. The van der Waals surface area contributed by atoms with Gasteiger partial charge < -0.3 is 15.2 Å². The minimum Gasteiger partial charge on any atom is -0.481 e. The van der Waals surface area contributed by atoms with Crippen molar-refractivity contribution in [3.05, 3.63) is 16.5 Å². The first-order valence-corrected chi connectivity index (χ1v) is 8.96. The summed E-state index contributed by atoms with van der Waals surface area (Å²) in [7, 11) is 0. The number of carboxylic acids is 1. The zero-order valence-corrected chi connectivity index (χ0v) is 14.9. The summed E-state index contributed by atoms with van der Waals surface area (Å²) in [6, 6.07) is 1.68. The number of anilines is 1. The number of carbonyl (C=O) groups is 3.